The van der Waals surface area contributed by atoms with E-state index in [1.807, 2.05) is 12.1 Å². The Kier molecular flexibility index (Phi) is 2.87. The smallest absolute Gasteiger partial charge is 0.141 e. The van der Waals surface area contributed by atoms with Crippen molar-refractivity contribution in [2.24, 2.45) is 0 Å². The molecule has 0 amide bonds. The van der Waals surface area contributed by atoms with Crippen molar-refractivity contribution in [3.05, 3.63) is 36.7 Å². The summed E-state index contributed by atoms with van der Waals surface area (Å²) in [5.74, 6) is 0.444. The van der Waals surface area contributed by atoms with Crippen molar-refractivity contribution in [3.8, 4) is 11.3 Å². The van der Waals surface area contributed by atoms with Crippen molar-refractivity contribution in [2.45, 2.75) is 4.90 Å². The van der Waals surface area contributed by atoms with Gasteiger partial charge in [0.1, 0.15) is 5.82 Å². The predicted molar refractivity (Wildman–Crippen MR) is 63.7 cm³/mol. The van der Waals surface area contributed by atoms with Crippen LogP contribution in [-0.4, -0.2) is 16.2 Å². The van der Waals surface area contributed by atoms with Crippen LogP contribution >= 0.6 is 11.8 Å². The predicted octanol–water partition coefficient (Wildman–Crippen LogP) is 2.45. The van der Waals surface area contributed by atoms with Gasteiger partial charge in [-0.3, -0.25) is 4.98 Å². The van der Waals surface area contributed by atoms with Gasteiger partial charge in [0.25, 0.3) is 0 Å². The van der Waals surface area contributed by atoms with Crippen LogP contribution in [0.4, 0.5) is 5.82 Å². The lowest BCUT2D eigenvalue weighted by atomic mass is 10.2. The Bertz CT molecular complexity index is 436. The first kappa shape index (κ1) is 9.98. The molecule has 4 heteroatoms. The summed E-state index contributed by atoms with van der Waals surface area (Å²) >= 11 is 1.72. The zero-order chi connectivity index (χ0) is 10.7. The maximum Gasteiger partial charge on any atom is 0.141 e. The Morgan fingerprint density at radius 1 is 1.07 bits per heavy atom. The zero-order valence-electron chi connectivity index (χ0n) is 8.34. The fourth-order valence-electron chi connectivity index (χ4n) is 1.25. The SMILES string of the molecule is CSc1ccc(-c2cnc(N)cn2)cc1. The molecule has 0 aliphatic rings. The minimum Gasteiger partial charge on any atom is -0.382 e. The summed E-state index contributed by atoms with van der Waals surface area (Å²) < 4.78 is 0. The number of aromatic nitrogens is 2. The number of nitrogens with zero attached hydrogens (tertiary/aromatic N) is 2. The summed E-state index contributed by atoms with van der Waals surface area (Å²) in [5, 5.41) is 0. The number of anilines is 1. The normalized spacial score (nSPS) is 10.2. The second-order valence-corrected chi connectivity index (χ2v) is 3.93. The molecule has 1 aromatic carbocycles. The Hall–Kier alpha value is -1.55. The lowest BCUT2D eigenvalue weighted by Gasteiger charge is -2.01. The number of hydrogen-bond donors (Lipinski definition) is 1. The summed E-state index contributed by atoms with van der Waals surface area (Å²) in [7, 11) is 0. The Morgan fingerprint density at radius 2 is 1.80 bits per heavy atom. The van der Waals surface area contributed by atoms with Gasteiger partial charge in [0.15, 0.2) is 0 Å². The molecule has 0 bridgehead atoms. The third-order valence-corrected chi connectivity index (χ3v) is 2.80. The zero-order valence-corrected chi connectivity index (χ0v) is 9.16. The summed E-state index contributed by atoms with van der Waals surface area (Å²) in [4.78, 5) is 9.46. The molecule has 2 rings (SSSR count). The molecule has 15 heavy (non-hydrogen) atoms. The maximum absolute atomic E-state index is 5.47. The average molecular weight is 217 g/mol. The second-order valence-electron chi connectivity index (χ2n) is 3.06. The first-order chi connectivity index (χ1) is 7.29. The monoisotopic (exact) mass is 217 g/mol. The minimum atomic E-state index is 0.444. The van der Waals surface area contributed by atoms with Crippen LogP contribution in [-0.2, 0) is 0 Å². The fourth-order valence-corrected chi connectivity index (χ4v) is 1.66. The molecular formula is C11H11N3S. The topological polar surface area (TPSA) is 51.8 Å². The summed E-state index contributed by atoms with van der Waals surface area (Å²) in [6.45, 7) is 0. The molecule has 2 aromatic rings. The first-order valence-corrected chi connectivity index (χ1v) is 5.74. The molecule has 1 aromatic heterocycles. The number of nitrogens with two attached hydrogens (primary N) is 1. The number of rotatable bonds is 2. The largest absolute Gasteiger partial charge is 0.382 e. The number of benzene rings is 1. The van der Waals surface area contributed by atoms with E-state index in [1.54, 1.807) is 24.2 Å². The van der Waals surface area contributed by atoms with Crippen LogP contribution in [0.2, 0.25) is 0 Å². The molecule has 0 radical (unpaired) electrons. The van der Waals surface area contributed by atoms with Gasteiger partial charge in [-0.25, -0.2) is 4.98 Å². The lowest BCUT2D eigenvalue weighted by Crippen LogP contribution is -1.92. The van der Waals surface area contributed by atoms with Gasteiger partial charge in [-0.2, -0.15) is 0 Å². The molecule has 0 aliphatic carbocycles. The standard InChI is InChI=1S/C11H11N3S/c1-15-9-4-2-8(3-5-9)10-6-14-11(12)7-13-10/h2-7H,1H3,(H2,12,14). The van der Waals surface area contributed by atoms with Crippen molar-refractivity contribution in [1.29, 1.82) is 0 Å². The third kappa shape index (κ3) is 2.27. The highest BCUT2D eigenvalue weighted by Gasteiger charge is 1.99. The fraction of sp³-hybridized carbons (Fsp3) is 0.0909. The quantitative estimate of drug-likeness (QED) is 0.785. The highest BCUT2D eigenvalue weighted by Crippen LogP contribution is 2.20. The van der Waals surface area contributed by atoms with Crippen LogP contribution < -0.4 is 5.73 Å². The van der Waals surface area contributed by atoms with Crippen molar-refractivity contribution >= 4 is 17.6 Å². The molecule has 0 unspecified atom stereocenters. The van der Waals surface area contributed by atoms with Gasteiger partial charge in [-0.05, 0) is 18.4 Å². The molecule has 0 fully saturated rings. The average Bonchev–Trinajstić information content (AvgIpc) is 2.30. The summed E-state index contributed by atoms with van der Waals surface area (Å²) in [6, 6.07) is 8.20. The Labute approximate surface area is 92.8 Å². The summed E-state index contributed by atoms with van der Waals surface area (Å²) in [5.41, 5.74) is 7.37. The van der Waals surface area contributed by atoms with E-state index in [1.165, 1.54) is 4.90 Å². The highest BCUT2D eigenvalue weighted by molar-refractivity contribution is 7.98. The van der Waals surface area contributed by atoms with Crippen LogP contribution in [0, 0.1) is 0 Å². The second kappa shape index (κ2) is 4.31. The van der Waals surface area contributed by atoms with E-state index < -0.39 is 0 Å². The van der Waals surface area contributed by atoms with E-state index in [0.29, 0.717) is 5.82 Å². The van der Waals surface area contributed by atoms with Crippen LogP contribution in [0.15, 0.2) is 41.6 Å². The molecular weight excluding hydrogens is 206 g/mol. The molecule has 3 nitrogen and oxygen atoms in total. The van der Waals surface area contributed by atoms with Gasteiger partial charge in [0.05, 0.1) is 18.1 Å². The molecule has 76 valence electrons. The van der Waals surface area contributed by atoms with Gasteiger partial charge in [-0.1, -0.05) is 12.1 Å². The van der Waals surface area contributed by atoms with Crippen molar-refractivity contribution in [1.82, 2.24) is 9.97 Å². The van der Waals surface area contributed by atoms with E-state index in [4.69, 9.17) is 5.73 Å². The van der Waals surface area contributed by atoms with Gasteiger partial charge in [0.2, 0.25) is 0 Å². The van der Waals surface area contributed by atoms with E-state index in [2.05, 4.69) is 28.4 Å². The highest BCUT2D eigenvalue weighted by atomic mass is 32.2. The molecule has 1 heterocycles. The molecule has 0 saturated carbocycles. The van der Waals surface area contributed by atoms with Crippen LogP contribution in [0.25, 0.3) is 11.3 Å². The van der Waals surface area contributed by atoms with E-state index in [9.17, 15) is 0 Å². The van der Waals surface area contributed by atoms with E-state index in [-0.39, 0.29) is 0 Å². The summed E-state index contributed by atoms with van der Waals surface area (Å²) in [6.07, 6.45) is 5.30. The van der Waals surface area contributed by atoms with Crippen molar-refractivity contribution in [2.75, 3.05) is 12.0 Å². The van der Waals surface area contributed by atoms with E-state index >= 15 is 0 Å². The van der Waals surface area contributed by atoms with Gasteiger partial charge in [-0.15, -0.1) is 11.8 Å². The van der Waals surface area contributed by atoms with Crippen LogP contribution in [0.3, 0.4) is 0 Å². The molecule has 0 spiro atoms. The molecule has 0 atom stereocenters. The lowest BCUT2D eigenvalue weighted by molar-refractivity contribution is 1.21. The van der Waals surface area contributed by atoms with Crippen molar-refractivity contribution in [3.63, 3.8) is 0 Å². The molecule has 0 saturated heterocycles. The number of hydrogen-bond acceptors (Lipinski definition) is 4. The van der Waals surface area contributed by atoms with Gasteiger partial charge < -0.3 is 5.73 Å². The third-order valence-electron chi connectivity index (χ3n) is 2.06. The van der Waals surface area contributed by atoms with E-state index in [0.717, 1.165) is 11.3 Å². The first-order valence-electron chi connectivity index (χ1n) is 4.51. The van der Waals surface area contributed by atoms with Crippen molar-refractivity contribution < 1.29 is 0 Å². The number of thioether (sulfide) groups is 1. The maximum atomic E-state index is 5.47. The van der Waals surface area contributed by atoms with Crippen LogP contribution in [0.5, 0.6) is 0 Å². The number of nitrogen functional groups attached to an aromatic ring is 1. The van der Waals surface area contributed by atoms with Crippen LogP contribution in [0.1, 0.15) is 0 Å². The Balaban J connectivity index is 2.33. The molecule has 2 N–H and O–H groups in total. The minimum absolute atomic E-state index is 0.444. The molecule has 0 aliphatic heterocycles. The Morgan fingerprint density at radius 3 is 2.33 bits per heavy atom. The van der Waals surface area contributed by atoms with Gasteiger partial charge >= 0.3 is 0 Å². The van der Waals surface area contributed by atoms with Gasteiger partial charge in [0, 0.05) is 10.5 Å².